The lowest BCUT2D eigenvalue weighted by atomic mass is 10.00. The maximum Gasteiger partial charge on any atom is 0.165 e. The number of aromatic hydroxyl groups is 1. The van der Waals surface area contributed by atoms with E-state index < -0.39 is 0 Å². The molecule has 3 rings (SSSR count). The molecule has 0 amide bonds. The first-order chi connectivity index (χ1) is 8.81. The van der Waals surface area contributed by atoms with Gasteiger partial charge < -0.3 is 14.6 Å². The lowest BCUT2D eigenvalue weighted by Crippen LogP contribution is -1.90. The Kier molecular flexibility index (Phi) is 2.59. The van der Waals surface area contributed by atoms with Crippen LogP contribution in [0.2, 0.25) is 0 Å². The fraction of sp³-hybridized carbons (Fsp3) is 0.200. The van der Waals surface area contributed by atoms with E-state index in [9.17, 15) is 5.11 Å². The standard InChI is InChI=1S/C15H14O3/c1-17-13-7-3-5-11(14(13)16)12-6-2-4-10-8-9-18-15(10)12/h2-7,16H,8-9H2,1H3. The Morgan fingerprint density at radius 3 is 2.72 bits per heavy atom. The number of ether oxygens (including phenoxy) is 2. The number of phenols is 1. The summed E-state index contributed by atoms with van der Waals surface area (Å²) in [6.45, 7) is 0.705. The summed E-state index contributed by atoms with van der Waals surface area (Å²) in [7, 11) is 1.55. The highest BCUT2D eigenvalue weighted by atomic mass is 16.5. The maximum atomic E-state index is 10.2. The number of para-hydroxylation sites is 2. The van der Waals surface area contributed by atoms with Gasteiger partial charge in [0.05, 0.1) is 13.7 Å². The predicted molar refractivity (Wildman–Crippen MR) is 69.3 cm³/mol. The molecule has 0 fully saturated rings. The molecule has 0 bridgehead atoms. The van der Waals surface area contributed by atoms with Crippen LogP contribution in [0.1, 0.15) is 5.56 Å². The molecule has 0 saturated carbocycles. The van der Waals surface area contributed by atoms with Crippen LogP contribution in [0.4, 0.5) is 0 Å². The van der Waals surface area contributed by atoms with Gasteiger partial charge in [0.1, 0.15) is 5.75 Å². The SMILES string of the molecule is COc1cccc(-c2cccc3c2OCC3)c1O. The fourth-order valence-corrected chi connectivity index (χ4v) is 2.33. The fourth-order valence-electron chi connectivity index (χ4n) is 2.33. The van der Waals surface area contributed by atoms with Crippen LogP contribution >= 0.6 is 0 Å². The lowest BCUT2D eigenvalue weighted by Gasteiger charge is -2.11. The Bertz CT molecular complexity index is 590. The summed E-state index contributed by atoms with van der Waals surface area (Å²) in [4.78, 5) is 0. The second-order valence-electron chi connectivity index (χ2n) is 4.25. The van der Waals surface area contributed by atoms with Crippen molar-refractivity contribution < 1.29 is 14.6 Å². The van der Waals surface area contributed by atoms with Gasteiger partial charge in [-0.05, 0) is 11.6 Å². The summed E-state index contributed by atoms with van der Waals surface area (Å²) in [6, 6.07) is 11.5. The van der Waals surface area contributed by atoms with Crippen LogP contribution in [0.3, 0.4) is 0 Å². The van der Waals surface area contributed by atoms with Crippen LogP contribution in [0.5, 0.6) is 17.2 Å². The predicted octanol–water partition coefficient (Wildman–Crippen LogP) is 3.00. The maximum absolute atomic E-state index is 10.2. The van der Waals surface area contributed by atoms with Crippen LogP contribution in [0.25, 0.3) is 11.1 Å². The average molecular weight is 242 g/mol. The zero-order chi connectivity index (χ0) is 12.5. The Balaban J connectivity index is 2.19. The van der Waals surface area contributed by atoms with Crippen molar-refractivity contribution in [1.29, 1.82) is 0 Å². The van der Waals surface area contributed by atoms with E-state index in [0.717, 1.165) is 23.3 Å². The van der Waals surface area contributed by atoms with Gasteiger partial charge in [-0.2, -0.15) is 0 Å². The molecule has 18 heavy (non-hydrogen) atoms. The van der Waals surface area contributed by atoms with Gasteiger partial charge in [-0.1, -0.05) is 30.3 Å². The first-order valence-corrected chi connectivity index (χ1v) is 5.92. The van der Waals surface area contributed by atoms with E-state index in [4.69, 9.17) is 9.47 Å². The minimum atomic E-state index is 0.156. The molecule has 1 aliphatic rings. The van der Waals surface area contributed by atoms with Crippen LogP contribution in [-0.2, 0) is 6.42 Å². The topological polar surface area (TPSA) is 38.7 Å². The van der Waals surface area contributed by atoms with Gasteiger partial charge >= 0.3 is 0 Å². The molecule has 0 aliphatic carbocycles. The molecule has 0 saturated heterocycles. The van der Waals surface area contributed by atoms with E-state index >= 15 is 0 Å². The lowest BCUT2D eigenvalue weighted by molar-refractivity contribution is 0.357. The summed E-state index contributed by atoms with van der Waals surface area (Å²) in [5.74, 6) is 1.51. The summed E-state index contributed by atoms with van der Waals surface area (Å²) in [5, 5.41) is 10.2. The monoisotopic (exact) mass is 242 g/mol. The highest BCUT2D eigenvalue weighted by molar-refractivity contribution is 5.79. The summed E-state index contributed by atoms with van der Waals surface area (Å²) in [6.07, 6.45) is 0.925. The number of benzene rings is 2. The number of fused-ring (bicyclic) bond motifs is 1. The van der Waals surface area contributed by atoms with Gasteiger partial charge in [0.2, 0.25) is 0 Å². The minimum absolute atomic E-state index is 0.156. The zero-order valence-corrected chi connectivity index (χ0v) is 10.1. The van der Waals surface area contributed by atoms with E-state index in [2.05, 4.69) is 6.07 Å². The molecule has 1 N–H and O–H groups in total. The highest BCUT2D eigenvalue weighted by Crippen LogP contribution is 2.43. The quantitative estimate of drug-likeness (QED) is 0.879. The molecule has 0 spiro atoms. The largest absolute Gasteiger partial charge is 0.504 e. The van der Waals surface area contributed by atoms with Gasteiger partial charge in [0.25, 0.3) is 0 Å². The number of methoxy groups -OCH3 is 1. The smallest absolute Gasteiger partial charge is 0.165 e. The molecule has 3 nitrogen and oxygen atoms in total. The molecule has 1 heterocycles. The Morgan fingerprint density at radius 1 is 1.11 bits per heavy atom. The number of hydrogen-bond acceptors (Lipinski definition) is 3. The van der Waals surface area contributed by atoms with Gasteiger partial charge in [-0.25, -0.2) is 0 Å². The molecule has 2 aromatic rings. The van der Waals surface area contributed by atoms with Crippen LogP contribution in [0, 0.1) is 0 Å². The molecule has 0 aromatic heterocycles. The van der Waals surface area contributed by atoms with Gasteiger partial charge in [0.15, 0.2) is 11.5 Å². The molecular formula is C15H14O3. The van der Waals surface area contributed by atoms with Crippen molar-refractivity contribution in [1.82, 2.24) is 0 Å². The van der Waals surface area contributed by atoms with Crippen LogP contribution in [-0.4, -0.2) is 18.8 Å². The van der Waals surface area contributed by atoms with Crippen molar-refractivity contribution in [2.75, 3.05) is 13.7 Å². The third-order valence-electron chi connectivity index (χ3n) is 3.22. The molecule has 0 radical (unpaired) electrons. The van der Waals surface area contributed by atoms with Crippen molar-refractivity contribution in [3.05, 3.63) is 42.0 Å². The third-order valence-corrected chi connectivity index (χ3v) is 3.22. The highest BCUT2D eigenvalue weighted by Gasteiger charge is 2.19. The number of phenolic OH excluding ortho intramolecular Hbond substituents is 1. The zero-order valence-electron chi connectivity index (χ0n) is 10.1. The average Bonchev–Trinajstić information content (AvgIpc) is 2.87. The number of rotatable bonds is 2. The summed E-state index contributed by atoms with van der Waals surface area (Å²) < 4.78 is 10.8. The van der Waals surface area contributed by atoms with Crippen molar-refractivity contribution >= 4 is 0 Å². The van der Waals surface area contributed by atoms with Crippen molar-refractivity contribution in [3.8, 4) is 28.4 Å². The van der Waals surface area contributed by atoms with Gasteiger partial charge in [-0.3, -0.25) is 0 Å². The molecular weight excluding hydrogens is 228 g/mol. The molecule has 1 aliphatic heterocycles. The van der Waals surface area contributed by atoms with E-state index in [1.54, 1.807) is 13.2 Å². The van der Waals surface area contributed by atoms with Crippen LogP contribution < -0.4 is 9.47 Å². The second-order valence-corrected chi connectivity index (χ2v) is 4.25. The van der Waals surface area contributed by atoms with Crippen LogP contribution in [0.15, 0.2) is 36.4 Å². The van der Waals surface area contributed by atoms with E-state index in [0.29, 0.717) is 12.4 Å². The van der Waals surface area contributed by atoms with Gasteiger partial charge in [0, 0.05) is 17.5 Å². The van der Waals surface area contributed by atoms with Crippen molar-refractivity contribution in [2.24, 2.45) is 0 Å². The van der Waals surface area contributed by atoms with Crippen molar-refractivity contribution in [2.45, 2.75) is 6.42 Å². The molecule has 92 valence electrons. The summed E-state index contributed by atoms with van der Waals surface area (Å²) >= 11 is 0. The molecule has 3 heteroatoms. The summed E-state index contributed by atoms with van der Waals surface area (Å²) in [5.41, 5.74) is 2.85. The minimum Gasteiger partial charge on any atom is -0.504 e. The first-order valence-electron chi connectivity index (χ1n) is 5.92. The number of hydrogen-bond donors (Lipinski definition) is 1. The van der Waals surface area contributed by atoms with E-state index in [-0.39, 0.29) is 5.75 Å². The molecule has 0 atom stereocenters. The Labute approximate surface area is 106 Å². The first kappa shape index (κ1) is 11.0. The normalized spacial score (nSPS) is 12.9. The molecule has 0 unspecified atom stereocenters. The van der Waals surface area contributed by atoms with Gasteiger partial charge in [-0.15, -0.1) is 0 Å². The molecule has 2 aromatic carbocycles. The third kappa shape index (κ3) is 1.59. The van der Waals surface area contributed by atoms with E-state index in [1.165, 1.54) is 5.56 Å². The Hall–Kier alpha value is -2.16. The second kappa shape index (κ2) is 4.26. The Morgan fingerprint density at radius 2 is 1.89 bits per heavy atom. The van der Waals surface area contributed by atoms with Crippen molar-refractivity contribution in [3.63, 3.8) is 0 Å². The van der Waals surface area contributed by atoms with E-state index in [1.807, 2.05) is 24.3 Å².